The van der Waals surface area contributed by atoms with E-state index in [2.05, 4.69) is 0 Å². The average molecular weight is 87.1 g/mol. The Labute approximate surface area is 37.3 Å². The minimum atomic E-state index is 0.188. The monoisotopic (exact) mass is 87.1 g/mol. The molecule has 0 heterocycles. The standard InChI is InChI=1S/C4H9NO/c5-3-1-2-4-6/h1,3,6H,2,4-5H2/b3-1+. The van der Waals surface area contributed by atoms with Crippen LogP contribution in [0.2, 0.25) is 0 Å². The molecule has 0 spiro atoms. The SMILES string of the molecule is N/C=C/CCO. The van der Waals surface area contributed by atoms with Crippen LogP contribution in [-0.4, -0.2) is 11.7 Å². The third-order valence-electron chi connectivity index (χ3n) is 0.432. The zero-order chi connectivity index (χ0) is 4.83. The molecule has 0 bridgehead atoms. The smallest absolute Gasteiger partial charge is 0.0466 e. The van der Waals surface area contributed by atoms with E-state index >= 15 is 0 Å². The average Bonchev–Trinajstić information content (AvgIpc) is 1.61. The van der Waals surface area contributed by atoms with Gasteiger partial charge in [0, 0.05) is 6.61 Å². The van der Waals surface area contributed by atoms with Gasteiger partial charge in [-0.3, -0.25) is 0 Å². The highest BCUT2D eigenvalue weighted by atomic mass is 16.2. The lowest BCUT2D eigenvalue weighted by molar-refractivity contribution is 0.302. The second-order valence-corrected chi connectivity index (χ2v) is 0.940. The maximum atomic E-state index is 8.09. The molecule has 0 rings (SSSR count). The molecule has 0 aromatic heterocycles. The van der Waals surface area contributed by atoms with Crippen molar-refractivity contribution in [2.45, 2.75) is 6.42 Å². The quantitative estimate of drug-likeness (QED) is 0.491. The first-order valence-corrected chi connectivity index (χ1v) is 1.89. The van der Waals surface area contributed by atoms with E-state index in [0.29, 0.717) is 6.42 Å². The van der Waals surface area contributed by atoms with Gasteiger partial charge in [0.25, 0.3) is 0 Å². The summed E-state index contributed by atoms with van der Waals surface area (Å²) in [5.41, 5.74) is 4.92. The maximum absolute atomic E-state index is 8.09. The molecule has 0 amide bonds. The van der Waals surface area contributed by atoms with Crippen LogP contribution in [0.1, 0.15) is 6.42 Å². The van der Waals surface area contributed by atoms with E-state index in [1.165, 1.54) is 6.20 Å². The molecule has 36 valence electrons. The summed E-state index contributed by atoms with van der Waals surface area (Å²) in [5, 5.41) is 8.09. The molecule has 0 aliphatic heterocycles. The molecule has 0 saturated heterocycles. The fourth-order valence-corrected chi connectivity index (χ4v) is 0.171. The molecule has 0 aromatic carbocycles. The first kappa shape index (κ1) is 5.50. The molecule has 0 aliphatic carbocycles. The lowest BCUT2D eigenvalue weighted by Gasteiger charge is -1.76. The number of rotatable bonds is 2. The minimum absolute atomic E-state index is 0.188. The zero-order valence-corrected chi connectivity index (χ0v) is 3.59. The number of aliphatic hydroxyl groups is 1. The number of hydrogen-bond donors (Lipinski definition) is 2. The first-order valence-electron chi connectivity index (χ1n) is 1.89. The van der Waals surface area contributed by atoms with Gasteiger partial charge in [-0.1, -0.05) is 6.08 Å². The number of nitrogens with two attached hydrogens (primary N) is 1. The van der Waals surface area contributed by atoms with Crippen molar-refractivity contribution in [3.05, 3.63) is 12.3 Å². The van der Waals surface area contributed by atoms with Crippen LogP contribution in [0.4, 0.5) is 0 Å². The predicted octanol–water partition coefficient (Wildman–Crippen LogP) is -0.159. The second kappa shape index (κ2) is 4.50. The molecule has 0 unspecified atom stereocenters. The van der Waals surface area contributed by atoms with Crippen molar-refractivity contribution in [1.29, 1.82) is 0 Å². The third-order valence-corrected chi connectivity index (χ3v) is 0.432. The molecule has 3 N–H and O–H groups in total. The third kappa shape index (κ3) is 3.50. The van der Waals surface area contributed by atoms with Gasteiger partial charge in [0.2, 0.25) is 0 Å². The van der Waals surface area contributed by atoms with Crippen LogP contribution >= 0.6 is 0 Å². The summed E-state index contributed by atoms with van der Waals surface area (Å²) in [5.74, 6) is 0. The Hall–Kier alpha value is -0.500. The van der Waals surface area contributed by atoms with Crippen LogP contribution in [0.15, 0.2) is 12.3 Å². The molecule has 0 aromatic rings. The number of aliphatic hydroxyl groups excluding tert-OH is 1. The molecule has 2 nitrogen and oxygen atoms in total. The van der Waals surface area contributed by atoms with E-state index in [-0.39, 0.29) is 6.61 Å². The Morgan fingerprint density at radius 1 is 1.67 bits per heavy atom. The van der Waals surface area contributed by atoms with E-state index in [4.69, 9.17) is 10.8 Å². The van der Waals surface area contributed by atoms with E-state index in [9.17, 15) is 0 Å². The van der Waals surface area contributed by atoms with Crippen LogP contribution in [-0.2, 0) is 0 Å². The highest BCUT2D eigenvalue weighted by Gasteiger charge is 1.66. The van der Waals surface area contributed by atoms with Gasteiger partial charge in [-0.05, 0) is 12.6 Å². The molecule has 0 fully saturated rings. The molecule has 0 saturated carbocycles. The number of hydrogen-bond acceptors (Lipinski definition) is 2. The predicted molar refractivity (Wildman–Crippen MR) is 25.0 cm³/mol. The summed E-state index contributed by atoms with van der Waals surface area (Å²) >= 11 is 0. The second-order valence-electron chi connectivity index (χ2n) is 0.940. The molecule has 2 heteroatoms. The largest absolute Gasteiger partial charge is 0.405 e. The Kier molecular flexibility index (Phi) is 4.12. The molecule has 0 atom stereocenters. The summed E-state index contributed by atoms with van der Waals surface area (Å²) in [4.78, 5) is 0. The summed E-state index contributed by atoms with van der Waals surface area (Å²) in [7, 11) is 0. The van der Waals surface area contributed by atoms with Gasteiger partial charge in [-0.25, -0.2) is 0 Å². The van der Waals surface area contributed by atoms with Gasteiger partial charge < -0.3 is 10.8 Å². The molecule has 0 radical (unpaired) electrons. The van der Waals surface area contributed by atoms with Gasteiger partial charge in [-0.15, -0.1) is 0 Å². The van der Waals surface area contributed by atoms with Crippen molar-refractivity contribution in [3.8, 4) is 0 Å². The summed E-state index contributed by atoms with van der Waals surface area (Å²) < 4.78 is 0. The van der Waals surface area contributed by atoms with Gasteiger partial charge >= 0.3 is 0 Å². The fourth-order valence-electron chi connectivity index (χ4n) is 0.171. The zero-order valence-electron chi connectivity index (χ0n) is 3.59. The summed E-state index contributed by atoms with van der Waals surface area (Å²) in [6, 6.07) is 0. The first-order chi connectivity index (χ1) is 2.91. The highest BCUT2D eigenvalue weighted by Crippen LogP contribution is 1.72. The summed E-state index contributed by atoms with van der Waals surface area (Å²) in [6.45, 7) is 0.188. The van der Waals surface area contributed by atoms with E-state index in [0.717, 1.165) is 0 Å². The van der Waals surface area contributed by atoms with Crippen molar-refractivity contribution < 1.29 is 5.11 Å². The summed E-state index contributed by atoms with van der Waals surface area (Å²) in [6.07, 6.45) is 3.80. The van der Waals surface area contributed by atoms with Crippen molar-refractivity contribution in [2.24, 2.45) is 5.73 Å². The van der Waals surface area contributed by atoms with Crippen LogP contribution in [0, 0.1) is 0 Å². The van der Waals surface area contributed by atoms with Gasteiger partial charge in [-0.2, -0.15) is 0 Å². The Morgan fingerprint density at radius 2 is 2.33 bits per heavy atom. The molecule has 6 heavy (non-hydrogen) atoms. The Bertz CT molecular complexity index is 42.8. The van der Waals surface area contributed by atoms with Crippen molar-refractivity contribution in [1.82, 2.24) is 0 Å². The lowest BCUT2D eigenvalue weighted by Crippen LogP contribution is -1.79. The topological polar surface area (TPSA) is 46.2 Å². The normalized spacial score (nSPS) is 10.2. The Morgan fingerprint density at radius 3 is 2.50 bits per heavy atom. The van der Waals surface area contributed by atoms with Gasteiger partial charge in [0.1, 0.15) is 0 Å². The molecular weight excluding hydrogens is 78.0 g/mol. The highest BCUT2D eigenvalue weighted by molar-refractivity contribution is 4.73. The molecule has 0 aliphatic rings. The van der Waals surface area contributed by atoms with Crippen molar-refractivity contribution in [3.63, 3.8) is 0 Å². The Balaban J connectivity index is 2.66. The van der Waals surface area contributed by atoms with E-state index in [1.54, 1.807) is 6.08 Å². The lowest BCUT2D eigenvalue weighted by atomic mass is 10.4. The van der Waals surface area contributed by atoms with Crippen LogP contribution in [0.5, 0.6) is 0 Å². The van der Waals surface area contributed by atoms with E-state index in [1.807, 2.05) is 0 Å². The van der Waals surface area contributed by atoms with Gasteiger partial charge in [0.05, 0.1) is 0 Å². The van der Waals surface area contributed by atoms with E-state index < -0.39 is 0 Å². The minimum Gasteiger partial charge on any atom is -0.405 e. The maximum Gasteiger partial charge on any atom is 0.0466 e. The van der Waals surface area contributed by atoms with Crippen LogP contribution in [0.25, 0.3) is 0 Å². The fraction of sp³-hybridized carbons (Fsp3) is 0.500. The molecular formula is C4H9NO. The van der Waals surface area contributed by atoms with Crippen molar-refractivity contribution in [2.75, 3.05) is 6.61 Å². The van der Waals surface area contributed by atoms with Crippen LogP contribution in [0.3, 0.4) is 0 Å². The van der Waals surface area contributed by atoms with Crippen molar-refractivity contribution >= 4 is 0 Å². The van der Waals surface area contributed by atoms with Crippen LogP contribution < -0.4 is 5.73 Å². The van der Waals surface area contributed by atoms with Gasteiger partial charge in [0.15, 0.2) is 0 Å².